The summed E-state index contributed by atoms with van der Waals surface area (Å²) in [5.74, 6) is 1.86. The number of unbranched alkanes of at least 4 members (excludes halogenated alkanes) is 1. The predicted octanol–water partition coefficient (Wildman–Crippen LogP) is 6.17. The van der Waals surface area contributed by atoms with Gasteiger partial charge in [0.2, 0.25) is 0 Å². The molecule has 0 saturated carbocycles. The van der Waals surface area contributed by atoms with Crippen LogP contribution in [0.2, 0.25) is 0 Å². The Morgan fingerprint density at radius 3 is 2.37 bits per heavy atom. The summed E-state index contributed by atoms with van der Waals surface area (Å²) in [6.45, 7) is 5.24. The minimum atomic E-state index is -0.00454. The zero-order chi connectivity index (χ0) is 24.0. The molecule has 0 aromatic heterocycles. The molecule has 0 amide bonds. The number of rotatable bonds is 9. The molecular formula is C31H36N2O2. The number of hydrogen-bond donors (Lipinski definition) is 1. The molecule has 35 heavy (non-hydrogen) atoms. The molecule has 0 radical (unpaired) electrons. The number of piperazine rings is 1. The lowest BCUT2D eigenvalue weighted by atomic mass is 9.91. The monoisotopic (exact) mass is 468 g/mol. The summed E-state index contributed by atoms with van der Waals surface area (Å²) < 4.78 is 5.41. The summed E-state index contributed by atoms with van der Waals surface area (Å²) in [7, 11) is 1.70. The number of aromatic hydroxyl groups is 1. The summed E-state index contributed by atoms with van der Waals surface area (Å²) in [5, 5.41) is 13.4. The summed E-state index contributed by atoms with van der Waals surface area (Å²) in [4.78, 5) is 5.14. The van der Waals surface area contributed by atoms with E-state index in [1.165, 1.54) is 31.4 Å². The highest BCUT2D eigenvalue weighted by Crippen LogP contribution is 2.40. The molecule has 3 aromatic rings. The Morgan fingerprint density at radius 2 is 1.63 bits per heavy atom. The molecule has 1 N–H and O–H groups in total. The first-order valence-corrected chi connectivity index (χ1v) is 12.9. The molecule has 1 aliphatic carbocycles. The SMILES string of the molecule is COc1ccc(C(c2c(O)ccc3ccccc23)N2CCN(CCCCC3C=CC=C3)CC2)cc1. The van der Waals surface area contributed by atoms with E-state index < -0.39 is 0 Å². The average Bonchev–Trinajstić information content (AvgIpc) is 3.43. The van der Waals surface area contributed by atoms with E-state index in [1.807, 2.05) is 24.3 Å². The molecule has 0 spiro atoms. The predicted molar refractivity (Wildman–Crippen MR) is 144 cm³/mol. The van der Waals surface area contributed by atoms with E-state index in [9.17, 15) is 5.11 Å². The first-order valence-electron chi connectivity index (χ1n) is 12.9. The van der Waals surface area contributed by atoms with Gasteiger partial charge in [0.25, 0.3) is 0 Å². The molecule has 1 fully saturated rings. The third-order valence-electron chi connectivity index (χ3n) is 7.51. The van der Waals surface area contributed by atoms with Crippen LogP contribution in [0, 0.1) is 5.92 Å². The molecule has 3 aromatic carbocycles. The highest BCUT2D eigenvalue weighted by atomic mass is 16.5. The molecule has 5 rings (SSSR count). The van der Waals surface area contributed by atoms with Crippen molar-refractivity contribution in [3.8, 4) is 11.5 Å². The first-order chi connectivity index (χ1) is 17.2. The van der Waals surface area contributed by atoms with Gasteiger partial charge in [0, 0.05) is 31.7 Å². The molecule has 1 atom stereocenters. The molecule has 1 unspecified atom stereocenters. The van der Waals surface area contributed by atoms with Gasteiger partial charge >= 0.3 is 0 Å². The minimum Gasteiger partial charge on any atom is -0.508 e. The number of fused-ring (bicyclic) bond motifs is 1. The number of phenols is 1. The third-order valence-corrected chi connectivity index (χ3v) is 7.51. The standard InChI is InChI=1S/C31H36N2O2/c1-35-27-16-13-26(14-17-27)31(30-28-12-5-4-11-25(28)15-18-29(30)34)33-22-20-32(21-23-33)19-7-6-10-24-8-2-3-9-24/h2-5,8-9,11-18,24,31,34H,6-7,10,19-23H2,1H3. The Kier molecular flexibility index (Phi) is 7.51. The van der Waals surface area contributed by atoms with Crippen molar-refractivity contribution in [3.05, 3.63) is 96.1 Å². The van der Waals surface area contributed by atoms with Gasteiger partial charge in [0.05, 0.1) is 13.2 Å². The van der Waals surface area contributed by atoms with Crippen LogP contribution in [0.5, 0.6) is 11.5 Å². The smallest absolute Gasteiger partial charge is 0.121 e. The normalized spacial score (nSPS) is 17.9. The van der Waals surface area contributed by atoms with Crippen molar-refractivity contribution in [2.24, 2.45) is 5.92 Å². The van der Waals surface area contributed by atoms with Crippen molar-refractivity contribution in [3.63, 3.8) is 0 Å². The summed E-state index contributed by atoms with van der Waals surface area (Å²) in [6, 6.07) is 20.6. The van der Waals surface area contributed by atoms with Gasteiger partial charge in [-0.25, -0.2) is 0 Å². The maximum Gasteiger partial charge on any atom is 0.121 e. The van der Waals surface area contributed by atoms with E-state index in [-0.39, 0.29) is 6.04 Å². The Morgan fingerprint density at radius 1 is 0.886 bits per heavy atom. The van der Waals surface area contributed by atoms with Gasteiger partial charge in [0.15, 0.2) is 0 Å². The number of benzene rings is 3. The van der Waals surface area contributed by atoms with Crippen LogP contribution in [0.3, 0.4) is 0 Å². The lowest BCUT2D eigenvalue weighted by Gasteiger charge is -2.40. The molecule has 0 bridgehead atoms. The van der Waals surface area contributed by atoms with Gasteiger partial charge in [0.1, 0.15) is 11.5 Å². The van der Waals surface area contributed by atoms with Gasteiger partial charge in [-0.05, 0) is 59.8 Å². The quantitative estimate of drug-likeness (QED) is 0.381. The molecule has 2 aliphatic rings. The molecule has 182 valence electrons. The van der Waals surface area contributed by atoms with Crippen molar-refractivity contribution in [2.75, 3.05) is 39.8 Å². The van der Waals surface area contributed by atoms with E-state index >= 15 is 0 Å². The Labute approximate surface area is 209 Å². The second-order valence-corrected chi connectivity index (χ2v) is 9.70. The van der Waals surface area contributed by atoms with Crippen LogP contribution in [0.25, 0.3) is 10.8 Å². The summed E-state index contributed by atoms with van der Waals surface area (Å²) >= 11 is 0. The minimum absolute atomic E-state index is 0.00454. The Balaban J connectivity index is 1.32. The Bertz CT molecular complexity index is 1160. The summed E-state index contributed by atoms with van der Waals surface area (Å²) in [6.07, 6.45) is 12.7. The van der Waals surface area contributed by atoms with Crippen LogP contribution in [0.15, 0.2) is 85.0 Å². The lowest BCUT2D eigenvalue weighted by molar-refractivity contribution is 0.107. The van der Waals surface area contributed by atoms with E-state index in [2.05, 4.69) is 70.5 Å². The van der Waals surface area contributed by atoms with Gasteiger partial charge in [-0.1, -0.05) is 73.2 Å². The average molecular weight is 469 g/mol. The van der Waals surface area contributed by atoms with Crippen LogP contribution < -0.4 is 4.74 Å². The number of allylic oxidation sites excluding steroid dienone is 4. The highest BCUT2D eigenvalue weighted by molar-refractivity contribution is 5.88. The summed E-state index contributed by atoms with van der Waals surface area (Å²) in [5.41, 5.74) is 2.18. The molecule has 1 saturated heterocycles. The number of hydrogen-bond acceptors (Lipinski definition) is 4. The number of methoxy groups -OCH3 is 1. The molecule has 1 heterocycles. The molecule has 1 aliphatic heterocycles. The zero-order valence-electron chi connectivity index (χ0n) is 20.6. The third kappa shape index (κ3) is 5.44. The van der Waals surface area contributed by atoms with Crippen molar-refractivity contribution in [1.82, 2.24) is 9.80 Å². The van der Waals surface area contributed by atoms with Crippen molar-refractivity contribution >= 4 is 10.8 Å². The van der Waals surface area contributed by atoms with E-state index in [0.29, 0.717) is 11.7 Å². The largest absolute Gasteiger partial charge is 0.508 e. The molecular weight excluding hydrogens is 432 g/mol. The van der Waals surface area contributed by atoms with Crippen molar-refractivity contribution in [2.45, 2.75) is 25.3 Å². The first kappa shape index (κ1) is 23.7. The maximum absolute atomic E-state index is 11.1. The fourth-order valence-electron chi connectivity index (χ4n) is 5.55. The highest BCUT2D eigenvalue weighted by Gasteiger charge is 2.29. The van der Waals surface area contributed by atoms with Crippen molar-refractivity contribution < 1.29 is 9.84 Å². The lowest BCUT2D eigenvalue weighted by Crippen LogP contribution is -2.48. The molecule has 4 nitrogen and oxygen atoms in total. The van der Waals surface area contributed by atoms with Gasteiger partial charge in [-0.15, -0.1) is 0 Å². The van der Waals surface area contributed by atoms with Gasteiger partial charge in [-0.3, -0.25) is 4.90 Å². The number of phenolic OH excluding ortho intramolecular Hbond substituents is 1. The van der Waals surface area contributed by atoms with Crippen molar-refractivity contribution in [1.29, 1.82) is 0 Å². The van der Waals surface area contributed by atoms with Crippen LogP contribution in [-0.4, -0.2) is 54.7 Å². The van der Waals surface area contributed by atoms with Gasteiger partial charge < -0.3 is 14.7 Å². The fraction of sp³-hybridized carbons (Fsp3) is 0.355. The maximum atomic E-state index is 11.1. The van der Waals surface area contributed by atoms with Gasteiger partial charge in [-0.2, -0.15) is 0 Å². The van der Waals surface area contributed by atoms with E-state index in [1.54, 1.807) is 7.11 Å². The van der Waals surface area contributed by atoms with Crippen LogP contribution in [0.4, 0.5) is 0 Å². The topological polar surface area (TPSA) is 35.9 Å². The Hall–Kier alpha value is -3.08. The second-order valence-electron chi connectivity index (χ2n) is 9.70. The fourth-order valence-corrected chi connectivity index (χ4v) is 5.55. The van der Waals surface area contributed by atoms with E-state index in [0.717, 1.165) is 48.3 Å². The number of ether oxygens (including phenoxy) is 1. The second kappa shape index (κ2) is 11.1. The number of nitrogens with zero attached hydrogens (tertiary/aromatic N) is 2. The molecule has 4 heteroatoms. The van der Waals surface area contributed by atoms with Crippen LogP contribution >= 0.6 is 0 Å². The van der Waals surface area contributed by atoms with Crippen LogP contribution in [0.1, 0.15) is 36.4 Å². The van der Waals surface area contributed by atoms with E-state index in [4.69, 9.17) is 4.74 Å². The zero-order valence-corrected chi connectivity index (χ0v) is 20.6. The van der Waals surface area contributed by atoms with Crippen LogP contribution in [-0.2, 0) is 0 Å².